The minimum Gasteiger partial charge on any atom is -0.444 e. The van der Waals surface area contributed by atoms with Gasteiger partial charge in [0.05, 0.1) is 18.1 Å². The Morgan fingerprint density at radius 3 is 3.20 bits per heavy atom. The van der Waals surface area contributed by atoms with Crippen molar-refractivity contribution in [3.8, 4) is 0 Å². The van der Waals surface area contributed by atoms with E-state index in [1.54, 1.807) is 6.20 Å². The Kier molecular flexibility index (Phi) is 3.70. The van der Waals surface area contributed by atoms with Crippen molar-refractivity contribution in [3.63, 3.8) is 0 Å². The molecule has 2 rings (SSSR count). The second-order valence-electron chi connectivity index (χ2n) is 4.04. The lowest BCUT2D eigenvalue weighted by Crippen LogP contribution is -2.02. The molecule has 0 radical (unpaired) electrons. The Bertz CT molecular complexity index is 307. The summed E-state index contributed by atoms with van der Waals surface area (Å²) in [5.74, 6) is 2.91. The smallest absolute Gasteiger partial charge is 0.207 e. The average molecular weight is 227 g/mol. The molecule has 1 aliphatic heterocycles. The summed E-state index contributed by atoms with van der Waals surface area (Å²) >= 11 is 1.93. The molecule has 1 aromatic rings. The zero-order valence-corrected chi connectivity index (χ0v) is 9.80. The highest BCUT2D eigenvalue weighted by molar-refractivity contribution is 7.99. The van der Waals surface area contributed by atoms with Crippen molar-refractivity contribution >= 4 is 11.8 Å². The highest BCUT2D eigenvalue weighted by atomic mass is 32.2. The summed E-state index contributed by atoms with van der Waals surface area (Å²) in [7, 11) is 0. The zero-order valence-electron chi connectivity index (χ0n) is 8.98. The first-order chi connectivity index (χ1) is 7.31. The normalized spacial score (nSPS) is 24.0. The third-order valence-corrected chi connectivity index (χ3v) is 4.12. The van der Waals surface area contributed by atoms with E-state index in [4.69, 9.17) is 9.52 Å². The number of aliphatic hydroxyl groups excluding tert-OH is 1. The molecule has 84 valence electrons. The molecule has 2 atom stereocenters. The standard InChI is InChI=1S/C11H17NO2S/c1-8(7-13)9-6-12-11(14-9)10-4-2-3-5-15-10/h6,8,10,13H,2-5,7H2,1H3. The van der Waals surface area contributed by atoms with Crippen LogP contribution in [0.3, 0.4) is 0 Å². The van der Waals surface area contributed by atoms with Crippen LogP contribution in [-0.4, -0.2) is 22.5 Å². The summed E-state index contributed by atoms with van der Waals surface area (Å²) in [6.07, 6.45) is 5.50. The van der Waals surface area contributed by atoms with Gasteiger partial charge in [-0.3, -0.25) is 0 Å². The van der Waals surface area contributed by atoms with Gasteiger partial charge in [-0.1, -0.05) is 13.3 Å². The van der Waals surface area contributed by atoms with Crippen LogP contribution >= 0.6 is 11.8 Å². The van der Waals surface area contributed by atoms with Crippen LogP contribution in [0.4, 0.5) is 0 Å². The van der Waals surface area contributed by atoms with Crippen LogP contribution in [0.25, 0.3) is 0 Å². The van der Waals surface area contributed by atoms with Crippen molar-refractivity contribution in [2.75, 3.05) is 12.4 Å². The number of thioether (sulfide) groups is 1. The molecule has 0 bridgehead atoms. The molecule has 4 heteroatoms. The molecule has 15 heavy (non-hydrogen) atoms. The Morgan fingerprint density at radius 2 is 2.53 bits per heavy atom. The first-order valence-electron chi connectivity index (χ1n) is 5.49. The quantitative estimate of drug-likeness (QED) is 0.862. The number of oxazole rings is 1. The van der Waals surface area contributed by atoms with Crippen LogP contribution in [0.2, 0.25) is 0 Å². The molecule has 3 nitrogen and oxygen atoms in total. The van der Waals surface area contributed by atoms with E-state index in [9.17, 15) is 0 Å². The van der Waals surface area contributed by atoms with Crippen LogP contribution in [0.5, 0.6) is 0 Å². The van der Waals surface area contributed by atoms with Crippen molar-refractivity contribution in [1.82, 2.24) is 4.98 Å². The van der Waals surface area contributed by atoms with Gasteiger partial charge in [0.25, 0.3) is 0 Å². The second kappa shape index (κ2) is 5.03. The van der Waals surface area contributed by atoms with Crippen molar-refractivity contribution in [2.24, 2.45) is 0 Å². The SMILES string of the molecule is CC(CO)c1cnc(C2CCCCS2)o1. The molecule has 0 amide bonds. The van der Waals surface area contributed by atoms with Crippen LogP contribution in [0, 0.1) is 0 Å². The van der Waals surface area contributed by atoms with Gasteiger partial charge in [0.1, 0.15) is 5.76 Å². The van der Waals surface area contributed by atoms with E-state index in [2.05, 4.69) is 4.98 Å². The Morgan fingerprint density at radius 1 is 1.67 bits per heavy atom. The molecule has 0 aliphatic carbocycles. The van der Waals surface area contributed by atoms with Gasteiger partial charge in [-0.05, 0) is 18.6 Å². The summed E-state index contributed by atoms with van der Waals surface area (Å²) in [6, 6.07) is 0. The monoisotopic (exact) mass is 227 g/mol. The van der Waals surface area contributed by atoms with Gasteiger partial charge in [-0.25, -0.2) is 4.98 Å². The molecular formula is C11H17NO2S. The minimum atomic E-state index is 0.0554. The molecule has 1 N–H and O–H groups in total. The largest absolute Gasteiger partial charge is 0.444 e. The van der Waals surface area contributed by atoms with Crippen molar-refractivity contribution in [1.29, 1.82) is 0 Å². The van der Waals surface area contributed by atoms with Gasteiger partial charge in [-0.2, -0.15) is 0 Å². The Balaban J connectivity index is 2.05. The summed E-state index contributed by atoms with van der Waals surface area (Å²) in [4.78, 5) is 4.31. The number of hydrogen-bond acceptors (Lipinski definition) is 4. The van der Waals surface area contributed by atoms with Gasteiger partial charge >= 0.3 is 0 Å². The molecule has 1 fully saturated rings. The summed E-state index contributed by atoms with van der Waals surface area (Å²) in [5.41, 5.74) is 0. The van der Waals surface area contributed by atoms with Crippen LogP contribution in [0.15, 0.2) is 10.6 Å². The Hall–Kier alpha value is -0.480. The molecule has 1 aromatic heterocycles. The number of aromatic nitrogens is 1. The summed E-state index contributed by atoms with van der Waals surface area (Å²) < 4.78 is 5.68. The lowest BCUT2D eigenvalue weighted by molar-refractivity contribution is 0.255. The van der Waals surface area contributed by atoms with E-state index >= 15 is 0 Å². The van der Waals surface area contributed by atoms with Gasteiger partial charge in [-0.15, -0.1) is 11.8 Å². The lowest BCUT2D eigenvalue weighted by atomic mass is 10.1. The predicted octanol–water partition coefficient (Wildman–Crippen LogP) is 2.73. The summed E-state index contributed by atoms with van der Waals surface area (Å²) in [5, 5.41) is 9.44. The van der Waals surface area contributed by atoms with E-state index in [-0.39, 0.29) is 12.5 Å². The fraction of sp³-hybridized carbons (Fsp3) is 0.727. The third kappa shape index (κ3) is 2.55. The molecule has 1 saturated heterocycles. The van der Waals surface area contributed by atoms with Crippen LogP contribution < -0.4 is 0 Å². The number of hydrogen-bond donors (Lipinski definition) is 1. The predicted molar refractivity (Wildman–Crippen MR) is 61.1 cm³/mol. The van der Waals surface area contributed by atoms with Crippen molar-refractivity contribution in [2.45, 2.75) is 37.4 Å². The zero-order chi connectivity index (χ0) is 10.7. The van der Waals surface area contributed by atoms with Gasteiger partial charge < -0.3 is 9.52 Å². The molecule has 2 heterocycles. The maximum Gasteiger partial charge on any atom is 0.207 e. The van der Waals surface area contributed by atoms with Gasteiger partial charge in [0.2, 0.25) is 5.89 Å². The van der Waals surface area contributed by atoms with E-state index in [1.807, 2.05) is 18.7 Å². The highest BCUT2D eigenvalue weighted by Crippen LogP contribution is 2.38. The third-order valence-electron chi connectivity index (χ3n) is 2.76. The lowest BCUT2D eigenvalue weighted by Gasteiger charge is -2.17. The first kappa shape index (κ1) is 11.0. The number of aliphatic hydroxyl groups is 1. The maximum absolute atomic E-state index is 9.01. The molecule has 2 unspecified atom stereocenters. The first-order valence-corrected chi connectivity index (χ1v) is 6.54. The molecular weight excluding hydrogens is 210 g/mol. The van der Waals surface area contributed by atoms with Crippen LogP contribution in [0.1, 0.15) is 49.0 Å². The van der Waals surface area contributed by atoms with Gasteiger partial charge in [0.15, 0.2) is 0 Å². The Labute approximate surface area is 94.3 Å². The topological polar surface area (TPSA) is 46.3 Å². The fourth-order valence-electron chi connectivity index (χ4n) is 1.70. The molecule has 0 spiro atoms. The molecule has 0 saturated carbocycles. The van der Waals surface area contributed by atoms with E-state index in [1.165, 1.54) is 18.6 Å². The number of rotatable bonds is 3. The maximum atomic E-state index is 9.01. The minimum absolute atomic E-state index is 0.0554. The van der Waals surface area contributed by atoms with Crippen molar-refractivity contribution < 1.29 is 9.52 Å². The average Bonchev–Trinajstić information content (AvgIpc) is 2.78. The summed E-state index contributed by atoms with van der Waals surface area (Å²) in [6.45, 7) is 2.06. The van der Waals surface area contributed by atoms with E-state index < -0.39 is 0 Å². The highest BCUT2D eigenvalue weighted by Gasteiger charge is 2.21. The molecule has 0 aromatic carbocycles. The number of nitrogens with zero attached hydrogens (tertiary/aromatic N) is 1. The van der Waals surface area contributed by atoms with Gasteiger partial charge in [0, 0.05) is 5.92 Å². The fourth-order valence-corrected chi connectivity index (χ4v) is 2.94. The van der Waals surface area contributed by atoms with E-state index in [0.717, 1.165) is 18.1 Å². The van der Waals surface area contributed by atoms with Crippen LogP contribution in [-0.2, 0) is 0 Å². The second-order valence-corrected chi connectivity index (χ2v) is 5.35. The molecule has 1 aliphatic rings. The van der Waals surface area contributed by atoms with Crippen molar-refractivity contribution in [3.05, 3.63) is 17.8 Å². The van der Waals surface area contributed by atoms with E-state index in [0.29, 0.717) is 5.25 Å².